The number of nitrogen functional groups attached to an aromatic ring is 1. The van der Waals surface area contributed by atoms with Gasteiger partial charge in [0.25, 0.3) is 5.91 Å². The lowest BCUT2D eigenvalue weighted by molar-refractivity contribution is 0.102. The fraction of sp³-hybridized carbons (Fsp3) is 0.333. The number of nitrogens with zero attached hydrogens (tertiary/aromatic N) is 1. The van der Waals surface area contributed by atoms with Crippen LogP contribution in [-0.2, 0) is 6.42 Å². The highest BCUT2D eigenvalue weighted by molar-refractivity contribution is 6.30. The molecule has 2 heterocycles. The summed E-state index contributed by atoms with van der Waals surface area (Å²) in [7, 11) is 0. The molecular formula is C18H20ClFN4O. The number of carbonyl (C=O) groups excluding carboxylic acids is 1. The van der Waals surface area contributed by atoms with Crippen LogP contribution in [0.3, 0.4) is 0 Å². The number of nitrogens with one attached hydrogen (secondary N) is 2. The highest BCUT2D eigenvalue weighted by Gasteiger charge is 2.21. The van der Waals surface area contributed by atoms with Gasteiger partial charge in [0.2, 0.25) is 0 Å². The summed E-state index contributed by atoms with van der Waals surface area (Å²) in [5, 5.41) is 6.46. The molecule has 1 saturated heterocycles. The highest BCUT2D eigenvalue weighted by atomic mass is 35.5. The van der Waals surface area contributed by atoms with Gasteiger partial charge in [-0.25, -0.2) is 9.37 Å². The average Bonchev–Trinajstić information content (AvgIpc) is 2.60. The van der Waals surface area contributed by atoms with E-state index in [1.54, 1.807) is 12.1 Å². The zero-order valence-corrected chi connectivity index (χ0v) is 14.4. The van der Waals surface area contributed by atoms with Crippen LogP contribution < -0.4 is 16.4 Å². The summed E-state index contributed by atoms with van der Waals surface area (Å²) in [6.07, 6.45) is 4.12. The molecule has 25 heavy (non-hydrogen) atoms. The second-order valence-electron chi connectivity index (χ2n) is 6.23. The minimum atomic E-state index is -0.527. The van der Waals surface area contributed by atoms with Crippen LogP contribution in [0.25, 0.3) is 0 Å². The largest absolute Gasteiger partial charge is 0.398 e. The fourth-order valence-corrected chi connectivity index (χ4v) is 3.21. The van der Waals surface area contributed by atoms with Crippen LogP contribution in [-0.4, -0.2) is 24.0 Å². The second kappa shape index (κ2) is 7.80. The van der Waals surface area contributed by atoms with Gasteiger partial charge >= 0.3 is 0 Å². The van der Waals surface area contributed by atoms with Crippen molar-refractivity contribution in [3.63, 3.8) is 0 Å². The second-order valence-corrected chi connectivity index (χ2v) is 6.67. The van der Waals surface area contributed by atoms with Gasteiger partial charge in [-0.15, -0.1) is 0 Å². The number of hydrogen-bond acceptors (Lipinski definition) is 4. The Morgan fingerprint density at radius 2 is 2.12 bits per heavy atom. The SMILES string of the molecule is Nc1cc(F)cc(C(=O)Nc2ccc(Cl)cn2)c1CC1CCNCC1. The predicted octanol–water partition coefficient (Wildman–Crippen LogP) is 3.25. The summed E-state index contributed by atoms with van der Waals surface area (Å²) < 4.78 is 13.8. The summed E-state index contributed by atoms with van der Waals surface area (Å²) in [5.41, 5.74) is 7.29. The lowest BCUT2D eigenvalue weighted by Crippen LogP contribution is -2.29. The van der Waals surface area contributed by atoms with Crippen LogP contribution in [0.15, 0.2) is 30.5 Å². The molecule has 7 heteroatoms. The Morgan fingerprint density at radius 1 is 1.36 bits per heavy atom. The lowest BCUT2D eigenvalue weighted by atomic mass is 9.88. The van der Waals surface area contributed by atoms with Crippen molar-refractivity contribution >= 4 is 29.0 Å². The smallest absolute Gasteiger partial charge is 0.257 e. The third kappa shape index (κ3) is 4.46. The van der Waals surface area contributed by atoms with E-state index in [1.807, 2.05) is 0 Å². The van der Waals surface area contributed by atoms with Gasteiger partial charge in [-0.1, -0.05) is 11.6 Å². The third-order valence-electron chi connectivity index (χ3n) is 4.41. The molecule has 3 rings (SSSR count). The summed E-state index contributed by atoms with van der Waals surface area (Å²) in [5.74, 6) is -0.176. The number of nitrogens with two attached hydrogens (primary N) is 1. The van der Waals surface area contributed by atoms with E-state index < -0.39 is 11.7 Å². The summed E-state index contributed by atoms with van der Waals surface area (Å²) in [6.45, 7) is 1.89. The van der Waals surface area contributed by atoms with Crippen LogP contribution in [0.5, 0.6) is 0 Å². The first-order chi connectivity index (χ1) is 12.0. The van der Waals surface area contributed by atoms with Crippen molar-refractivity contribution in [2.45, 2.75) is 19.3 Å². The molecule has 2 aromatic rings. The Labute approximate surface area is 150 Å². The van der Waals surface area contributed by atoms with Gasteiger partial charge in [0.1, 0.15) is 11.6 Å². The average molecular weight is 363 g/mol. The summed E-state index contributed by atoms with van der Waals surface area (Å²) in [6, 6.07) is 5.72. The molecule has 0 saturated carbocycles. The number of pyridine rings is 1. The molecule has 0 aliphatic carbocycles. The van der Waals surface area contributed by atoms with Gasteiger partial charge in [0.15, 0.2) is 0 Å². The molecule has 1 fully saturated rings. The van der Waals surface area contributed by atoms with E-state index >= 15 is 0 Å². The number of carbonyl (C=O) groups is 1. The molecule has 1 aromatic carbocycles. The van der Waals surface area contributed by atoms with Crippen molar-refractivity contribution in [2.75, 3.05) is 24.1 Å². The van der Waals surface area contributed by atoms with Crippen molar-refractivity contribution < 1.29 is 9.18 Å². The van der Waals surface area contributed by atoms with Crippen molar-refractivity contribution in [2.24, 2.45) is 5.92 Å². The summed E-state index contributed by atoms with van der Waals surface area (Å²) >= 11 is 5.79. The third-order valence-corrected chi connectivity index (χ3v) is 4.64. The maximum atomic E-state index is 13.8. The van der Waals surface area contributed by atoms with Crippen LogP contribution in [0, 0.1) is 11.7 Å². The molecule has 0 radical (unpaired) electrons. The lowest BCUT2D eigenvalue weighted by Gasteiger charge is -2.24. The van der Waals surface area contributed by atoms with Gasteiger partial charge in [0.05, 0.1) is 5.02 Å². The first kappa shape index (κ1) is 17.6. The molecule has 1 aliphatic heterocycles. The number of rotatable bonds is 4. The first-order valence-electron chi connectivity index (χ1n) is 8.24. The van der Waals surface area contributed by atoms with Crippen molar-refractivity contribution in [1.29, 1.82) is 0 Å². The van der Waals surface area contributed by atoms with Gasteiger partial charge in [-0.3, -0.25) is 4.79 Å². The number of amides is 1. The van der Waals surface area contributed by atoms with E-state index in [4.69, 9.17) is 17.3 Å². The number of benzene rings is 1. The number of anilines is 2. The predicted molar refractivity (Wildman–Crippen MR) is 97.3 cm³/mol. The number of piperidine rings is 1. The van der Waals surface area contributed by atoms with E-state index in [0.29, 0.717) is 34.4 Å². The maximum Gasteiger partial charge on any atom is 0.257 e. The van der Waals surface area contributed by atoms with Crippen molar-refractivity contribution in [1.82, 2.24) is 10.3 Å². The molecular weight excluding hydrogens is 343 g/mol. The van der Waals surface area contributed by atoms with E-state index in [1.165, 1.54) is 18.3 Å². The van der Waals surface area contributed by atoms with Gasteiger partial charge in [0, 0.05) is 17.4 Å². The van der Waals surface area contributed by atoms with E-state index in [9.17, 15) is 9.18 Å². The standard InChI is InChI=1S/C18H20ClFN4O/c19-12-1-2-17(23-10-12)24-18(25)15-8-13(20)9-16(21)14(15)7-11-3-5-22-6-4-11/h1-2,8-11,22H,3-7,21H2,(H,23,24,25). The Bertz CT molecular complexity index is 760. The molecule has 0 atom stereocenters. The minimum Gasteiger partial charge on any atom is -0.398 e. The molecule has 0 bridgehead atoms. The number of aromatic nitrogens is 1. The quantitative estimate of drug-likeness (QED) is 0.729. The Morgan fingerprint density at radius 3 is 2.80 bits per heavy atom. The van der Waals surface area contributed by atoms with Gasteiger partial charge in [-0.05, 0) is 68.1 Å². The molecule has 132 valence electrons. The maximum absolute atomic E-state index is 13.8. The summed E-state index contributed by atoms with van der Waals surface area (Å²) in [4.78, 5) is 16.7. The number of hydrogen-bond donors (Lipinski definition) is 3. The van der Waals surface area contributed by atoms with Crippen LogP contribution in [0.2, 0.25) is 5.02 Å². The molecule has 1 aromatic heterocycles. The number of halogens is 2. The molecule has 5 nitrogen and oxygen atoms in total. The monoisotopic (exact) mass is 362 g/mol. The molecule has 1 aliphatic rings. The van der Waals surface area contributed by atoms with Crippen LogP contribution in [0.1, 0.15) is 28.8 Å². The molecule has 0 unspecified atom stereocenters. The van der Waals surface area contributed by atoms with Crippen molar-refractivity contribution in [3.05, 3.63) is 52.4 Å². The Kier molecular flexibility index (Phi) is 5.50. The van der Waals surface area contributed by atoms with Crippen LogP contribution >= 0.6 is 11.6 Å². The fourth-order valence-electron chi connectivity index (χ4n) is 3.10. The molecule has 0 spiro atoms. The zero-order chi connectivity index (χ0) is 17.8. The normalized spacial score (nSPS) is 15.1. The Balaban J connectivity index is 1.85. The van der Waals surface area contributed by atoms with Gasteiger partial charge < -0.3 is 16.4 Å². The topological polar surface area (TPSA) is 80.0 Å². The van der Waals surface area contributed by atoms with Gasteiger partial charge in [-0.2, -0.15) is 0 Å². The van der Waals surface area contributed by atoms with E-state index in [2.05, 4.69) is 15.6 Å². The van der Waals surface area contributed by atoms with E-state index in [0.717, 1.165) is 25.9 Å². The molecule has 4 N–H and O–H groups in total. The zero-order valence-electron chi connectivity index (χ0n) is 13.7. The van der Waals surface area contributed by atoms with Crippen LogP contribution in [0.4, 0.5) is 15.9 Å². The first-order valence-corrected chi connectivity index (χ1v) is 8.62. The van der Waals surface area contributed by atoms with Crippen molar-refractivity contribution in [3.8, 4) is 0 Å². The molecule has 1 amide bonds. The Hall–Kier alpha value is -2.18. The highest BCUT2D eigenvalue weighted by Crippen LogP contribution is 2.27. The van der Waals surface area contributed by atoms with E-state index in [-0.39, 0.29) is 5.56 Å². The minimum absolute atomic E-state index is 0.257.